The lowest BCUT2D eigenvalue weighted by molar-refractivity contribution is 0.0911. The summed E-state index contributed by atoms with van der Waals surface area (Å²) >= 11 is 1.64. The van der Waals surface area contributed by atoms with Gasteiger partial charge in [0.05, 0.1) is 12.7 Å². The first kappa shape index (κ1) is 13.9. The summed E-state index contributed by atoms with van der Waals surface area (Å²) in [5, 5.41) is 25.3. The fourth-order valence-corrected chi connectivity index (χ4v) is 2.46. The summed E-state index contributed by atoms with van der Waals surface area (Å²) in [7, 11) is 0. The monoisotopic (exact) mass is 278 g/mol. The third-order valence-corrected chi connectivity index (χ3v) is 3.59. The van der Waals surface area contributed by atoms with Crippen molar-refractivity contribution in [3.63, 3.8) is 0 Å². The molecule has 0 bridgehead atoms. The summed E-state index contributed by atoms with van der Waals surface area (Å²) in [5.41, 5.74) is 9.81. The van der Waals surface area contributed by atoms with Gasteiger partial charge in [0.25, 0.3) is 0 Å². The first-order chi connectivity index (χ1) is 9.20. The lowest BCUT2D eigenvalue weighted by Crippen LogP contribution is -2.16. The van der Waals surface area contributed by atoms with Crippen LogP contribution in [0.1, 0.15) is 6.42 Å². The first-order valence-electron chi connectivity index (χ1n) is 6.15. The van der Waals surface area contributed by atoms with Gasteiger partial charge in [-0.05, 0) is 47.0 Å². The predicted octanol–water partition coefficient (Wildman–Crippen LogP) is 2.15. The average Bonchev–Trinajstić information content (AvgIpc) is 2.94. The molecular weight excluding hydrogens is 260 g/mol. The van der Waals surface area contributed by atoms with Crippen molar-refractivity contribution in [2.45, 2.75) is 12.5 Å². The molecule has 0 aliphatic heterocycles. The lowest BCUT2D eigenvalue weighted by Gasteiger charge is -2.11. The molecule has 1 aromatic carbocycles. The van der Waals surface area contributed by atoms with E-state index in [1.165, 1.54) is 0 Å². The number of aliphatic hydroxyl groups excluding tert-OH is 2. The van der Waals surface area contributed by atoms with E-state index in [9.17, 15) is 5.11 Å². The van der Waals surface area contributed by atoms with Crippen LogP contribution >= 0.6 is 11.3 Å². The number of anilines is 2. The fourth-order valence-electron chi connectivity index (χ4n) is 1.81. The van der Waals surface area contributed by atoms with E-state index in [1.54, 1.807) is 11.3 Å². The second-order valence-electron chi connectivity index (χ2n) is 4.37. The molecule has 1 aromatic heterocycles. The van der Waals surface area contributed by atoms with Crippen LogP contribution in [-0.2, 0) is 0 Å². The number of nitrogen functional groups attached to an aromatic ring is 1. The van der Waals surface area contributed by atoms with Gasteiger partial charge in [0.1, 0.15) is 0 Å². The Morgan fingerprint density at radius 1 is 1.32 bits per heavy atom. The van der Waals surface area contributed by atoms with E-state index in [4.69, 9.17) is 10.8 Å². The molecule has 0 aliphatic carbocycles. The Morgan fingerprint density at radius 2 is 2.16 bits per heavy atom. The van der Waals surface area contributed by atoms with Gasteiger partial charge in [-0.1, -0.05) is 0 Å². The van der Waals surface area contributed by atoms with Gasteiger partial charge >= 0.3 is 0 Å². The summed E-state index contributed by atoms with van der Waals surface area (Å²) in [4.78, 5) is 0. The number of nitrogens with one attached hydrogen (secondary N) is 1. The van der Waals surface area contributed by atoms with Crippen LogP contribution in [0.2, 0.25) is 0 Å². The molecule has 0 aliphatic rings. The molecule has 5 N–H and O–H groups in total. The minimum absolute atomic E-state index is 0.205. The van der Waals surface area contributed by atoms with Crippen molar-refractivity contribution in [3.8, 4) is 11.1 Å². The largest absolute Gasteiger partial charge is 0.398 e. The third-order valence-electron chi connectivity index (χ3n) is 2.90. The Bertz CT molecular complexity index is 514. The van der Waals surface area contributed by atoms with E-state index in [1.807, 2.05) is 29.6 Å². The Hall–Kier alpha value is -1.56. The highest BCUT2D eigenvalue weighted by atomic mass is 32.1. The summed E-state index contributed by atoms with van der Waals surface area (Å²) in [6, 6.07) is 7.83. The van der Waals surface area contributed by atoms with Crippen molar-refractivity contribution in [1.82, 2.24) is 0 Å². The minimum atomic E-state index is -0.669. The van der Waals surface area contributed by atoms with Crippen molar-refractivity contribution < 1.29 is 10.2 Å². The van der Waals surface area contributed by atoms with Crippen molar-refractivity contribution in [2.75, 3.05) is 24.2 Å². The highest BCUT2D eigenvalue weighted by Crippen LogP contribution is 2.30. The number of benzene rings is 1. The Morgan fingerprint density at radius 3 is 2.84 bits per heavy atom. The smallest absolute Gasteiger partial charge is 0.0787 e. The van der Waals surface area contributed by atoms with Gasteiger partial charge in [0.2, 0.25) is 0 Å². The second kappa shape index (κ2) is 6.56. The molecule has 0 spiro atoms. The molecule has 1 heterocycles. The van der Waals surface area contributed by atoms with Gasteiger partial charge in [0, 0.05) is 23.5 Å². The third kappa shape index (κ3) is 3.70. The SMILES string of the molecule is Nc1ccc(NCCC(O)CO)cc1-c1ccsc1. The molecule has 0 radical (unpaired) electrons. The Kier molecular flexibility index (Phi) is 4.79. The van der Waals surface area contributed by atoms with Crippen LogP contribution in [0.25, 0.3) is 11.1 Å². The van der Waals surface area contributed by atoms with Crippen LogP contribution in [0.3, 0.4) is 0 Å². The number of thiophene rings is 1. The maximum absolute atomic E-state index is 9.28. The number of aliphatic hydroxyl groups is 2. The van der Waals surface area contributed by atoms with E-state index < -0.39 is 6.10 Å². The molecule has 0 saturated heterocycles. The fraction of sp³-hybridized carbons (Fsp3) is 0.286. The van der Waals surface area contributed by atoms with E-state index in [-0.39, 0.29) is 6.61 Å². The van der Waals surface area contributed by atoms with E-state index >= 15 is 0 Å². The highest BCUT2D eigenvalue weighted by Gasteiger charge is 2.05. The number of rotatable bonds is 6. The molecule has 2 aromatic rings. The lowest BCUT2D eigenvalue weighted by atomic mass is 10.1. The zero-order valence-electron chi connectivity index (χ0n) is 10.5. The summed E-state index contributed by atoms with van der Waals surface area (Å²) in [6.45, 7) is 0.401. The molecule has 0 amide bonds. The molecule has 1 unspecified atom stereocenters. The standard InChI is InChI=1S/C14H18N2O2S/c15-14-2-1-11(16-5-3-12(18)8-17)7-13(14)10-4-6-19-9-10/h1-2,4,6-7,9,12,16-18H,3,5,8,15H2. The first-order valence-corrected chi connectivity index (χ1v) is 7.10. The van der Waals surface area contributed by atoms with Crippen LogP contribution in [0.4, 0.5) is 11.4 Å². The van der Waals surface area contributed by atoms with Crippen molar-refractivity contribution in [3.05, 3.63) is 35.0 Å². The average molecular weight is 278 g/mol. The van der Waals surface area contributed by atoms with Gasteiger partial charge in [-0.15, -0.1) is 0 Å². The summed E-state index contributed by atoms with van der Waals surface area (Å²) in [6.07, 6.45) is -0.160. The molecule has 19 heavy (non-hydrogen) atoms. The molecule has 102 valence electrons. The van der Waals surface area contributed by atoms with Gasteiger partial charge < -0.3 is 21.3 Å². The number of hydrogen-bond acceptors (Lipinski definition) is 5. The van der Waals surface area contributed by atoms with Crippen LogP contribution in [0, 0.1) is 0 Å². The normalized spacial score (nSPS) is 12.3. The summed E-state index contributed by atoms with van der Waals surface area (Å²) in [5.74, 6) is 0. The minimum Gasteiger partial charge on any atom is -0.398 e. The van der Waals surface area contributed by atoms with Gasteiger partial charge in [0.15, 0.2) is 0 Å². The zero-order valence-corrected chi connectivity index (χ0v) is 11.4. The van der Waals surface area contributed by atoms with Crippen LogP contribution in [0.15, 0.2) is 35.0 Å². The van der Waals surface area contributed by atoms with E-state index in [2.05, 4.69) is 10.7 Å². The van der Waals surface area contributed by atoms with Crippen molar-refractivity contribution in [1.29, 1.82) is 0 Å². The Labute approximate surface area is 116 Å². The molecule has 0 saturated carbocycles. The second-order valence-corrected chi connectivity index (χ2v) is 5.15. The number of nitrogens with two attached hydrogens (primary N) is 1. The van der Waals surface area contributed by atoms with E-state index in [0.29, 0.717) is 13.0 Å². The molecule has 1 atom stereocenters. The predicted molar refractivity (Wildman–Crippen MR) is 80.4 cm³/mol. The van der Waals surface area contributed by atoms with Crippen LogP contribution in [-0.4, -0.2) is 29.5 Å². The van der Waals surface area contributed by atoms with Crippen molar-refractivity contribution >= 4 is 22.7 Å². The van der Waals surface area contributed by atoms with Crippen LogP contribution in [0.5, 0.6) is 0 Å². The number of hydrogen-bond donors (Lipinski definition) is 4. The van der Waals surface area contributed by atoms with Gasteiger partial charge in [-0.3, -0.25) is 0 Å². The van der Waals surface area contributed by atoms with Gasteiger partial charge in [-0.25, -0.2) is 0 Å². The maximum Gasteiger partial charge on any atom is 0.0787 e. The van der Waals surface area contributed by atoms with E-state index in [0.717, 1.165) is 22.5 Å². The van der Waals surface area contributed by atoms with Crippen LogP contribution < -0.4 is 11.1 Å². The Balaban J connectivity index is 2.05. The molecule has 0 fully saturated rings. The zero-order chi connectivity index (χ0) is 13.7. The molecular formula is C14H18N2O2S. The molecule has 5 heteroatoms. The quantitative estimate of drug-likeness (QED) is 0.611. The maximum atomic E-state index is 9.28. The highest BCUT2D eigenvalue weighted by molar-refractivity contribution is 7.08. The van der Waals surface area contributed by atoms with Crippen molar-refractivity contribution in [2.24, 2.45) is 0 Å². The summed E-state index contributed by atoms with van der Waals surface area (Å²) < 4.78 is 0. The van der Waals surface area contributed by atoms with Gasteiger partial charge in [-0.2, -0.15) is 11.3 Å². The topological polar surface area (TPSA) is 78.5 Å². The molecule has 2 rings (SSSR count). The molecule has 4 nitrogen and oxygen atoms in total.